The second-order valence-corrected chi connectivity index (χ2v) is 9.96. The molecule has 9 heteroatoms. The zero-order chi connectivity index (χ0) is 19.4. The number of carbonyl (C=O) groups excluding carboxylic acids is 2. The van der Waals surface area contributed by atoms with Gasteiger partial charge in [-0.05, 0) is 37.7 Å². The number of hydrogen-bond acceptors (Lipinski definition) is 7. The molecule has 1 saturated carbocycles. The minimum Gasteiger partial charge on any atom is -0.452 e. The Bertz CT molecular complexity index is 806. The summed E-state index contributed by atoms with van der Waals surface area (Å²) in [6, 6.07) is 2.98. The van der Waals surface area contributed by atoms with Gasteiger partial charge in [0.2, 0.25) is 0 Å². The second-order valence-electron chi connectivity index (χ2n) is 6.93. The van der Waals surface area contributed by atoms with E-state index in [1.807, 2.05) is 6.26 Å². The number of rotatable bonds is 6. The summed E-state index contributed by atoms with van der Waals surface area (Å²) in [5.41, 5.74) is 0.327. The molecule has 0 spiro atoms. The van der Waals surface area contributed by atoms with Crippen molar-refractivity contribution >= 4 is 33.5 Å². The molecule has 2 aliphatic rings. The van der Waals surface area contributed by atoms with Gasteiger partial charge in [0.1, 0.15) is 5.03 Å². The van der Waals surface area contributed by atoms with Crippen molar-refractivity contribution in [3.63, 3.8) is 0 Å². The highest BCUT2D eigenvalue weighted by Crippen LogP contribution is 2.29. The van der Waals surface area contributed by atoms with Crippen LogP contribution in [0.25, 0.3) is 0 Å². The molecule has 2 heterocycles. The summed E-state index contributed by atoms with van der Waals surface area (Å²) in [6.07, 6.45) is 7.66. The van der Waals surface area contributed by atoms with Crippen molar-refractivity contribution in [2.45, 2.75) is 49.2 Å². The van der Waals surface area contributed by atoms with Crippen molar-refractivity contribution in [1.82, 2.24) is 9.88 Å². The van der Waals surface area contributed by atoms with Crippen molar-refractivity contribution in [2.75, 3.05) is 24.4 Å². The highest BCUT2D eigenvalue weighted by atomic mass is 32.2. The predicted octanol–water partition coefficient (Wildman–Crippen LogP) is 1.92. The Morgan fingerprint density at radius 3 is 2.63 bits per heavy atom. The number of nitrogens with zero attached hydrogens (tertiary/aromatic N) is 2. The molecule has 0 radical (unpaired) electrons. The molecular formula is C18H24N2O5S2. The highest BCUT2D eigenvalue weighted by molar-refractivity contribution is 7.98. The maximum absolute atomic E-state index is 12.9. The Balaban J connectivity index is 1.68. The Labute approximate surface area is 163 Å². The minimum absolute atomic E-state index is 0.00240. The third kappa shape index (κ3) is 4.82. The van der Waals surface area contributed by atoms with Crippen LogP contribution in [0.5, 0.6) is 0 Å². The van der Waals surface area contributed by atoms with Crippen molar-refractivity contribution in [3.05, 3.63) is 23.9 Å². The molecular weight excluding hydrogens is 388 g/mol. The summed E-state index contributed by atoms with van der Waals surface area (Å²) in [4.78, 5) is 31.0. The summed E-state index contributed by atoms with van der Waals surface area (Å²) in [5, 5.41) is 0.546. The number of thioether (sulfide) groups is 1. The second kappa shape index (κ2) is 8.60. The van der Waals surface area contributed by atoms with Gasteiger partial charge in [-0.3, -0.25) is 4.79 Å². The molecule has 1 saturated heterocycles. The lowest BCUT2D eigenvalue weighted by molar-refractivity contribution is -0.139. The number of ether oxygens (including phenoxy) is 1. The van der Waals surface area contributed by atoms with Gasteiger partial charge in [-0.2, -0.15) is 0 Å². The molecule has 1 amide bonds. The van der Waals surface area contributed by atoms with Crippen LogP contribution >= 0.6 is 11.8 Å². The molecule has 27 heavy (non-hydrogen) atoms. The Hall–Kier alpha value is -1.61. The number of esters is 1. The Morgan fingerprint density at radius 1 is 1.26 bits per heavy atom. The average Bonchev–Trinajstić information content (AvgIpc) is 3.30. The van der Waals surface area contributed by atoms with E-state index in [9.17, 15) is 18.0 Å². The van der Waals surface area contributed by atoms with Crippen molar-refractivity contribution in [2.24, 2.45) is 0 Å². The van der Waals surface area contributed by atoms with E-state index in [-0.39, 0.29) is 36.1 Å². The zero-order valence-corrected chi connectivity index (χ0v) is 16.9. The highest BCUT2D eigenvalue weighted by Gasteiger charge is 2.39. The van der Waals surface area contributed by atoms with E-state index in [1.54, 1.807) is 23.2 Å². The van der Waals surface area contributed by atoms with Gasteiger partial charge in [-0.1, -0.05) is 12.8 Å². The van der Waals surface area contributed by atoms with Crippen LogP contribution in [0.15, 0.2) is 23.4 Å². The first-order chi connectivity index (χ1) is 12.9. The van der Waals surface area contributed by atoms with Crippen LogP contribution in [-0.4, -0.2) is 66.6 Å². The number of aromatic nitrogens is 1. The van der Waals surface area contributed by atoms with E-state index < -0.39 is 15.8 Å². The first-order valence-electron chi connectivity index (χ1n) is 9.09. The average molecular weight is 413 g/mol. The van der Waals surface area contributed by atoms with Crippen molar-refractivity contribution in [3.8, 4) is 0 Å². The van der Waals surface area contributed by atoms with Gasteiger partial charge < -0.3 is 9.64 Å². The standard InChI is InChI=1S/C18H24N2O5S2/c1-26-17-15(7-4-9-19-17)18(22)25-11-16(21)20(13-5-2-3-6-13)14-8-10-27(23,24)12-14/h4,7,9,13-14H,2-3,5-6,8,10-12H2,1H3. The lowest BCUT2D eigenvalue weighted by Crippen LogP contribution is -2.48. The molecule has 1 aromatic heterocycles. The van der Waals surface area contributed by atoms with Gasteiger partial charge in [-0.25, -0.2) is 18.2 Å². The van der Waals surface area contributed by atoms with Crippen LogP contribution in [0, 0.1) is 0 Å². The summed E-state index contributed by atoms with van der Waals surface area (Å²) in [5.74, 6) is -0.790. The van der Waals surface area contributed by atoms with Gasteiger partial charge >= 0.3 is 5.97 Å². The molecule has 1 unspecified atom stereocenters. The van der Waals surface area contributed by atoms with Crippen LogP contribution in [0.3, 0.4) is 0 Å². The minimum atomic E-state index is -3.10. The largest absolute Gasteiger partial charge is 0.452 e. The predicted molar refractivity (Wildman–Crippen MR) is 102 cm³/mol. The quantitative estimate of drug-likeness (QED) is 0.520. The summed E-state index contributed by atoms with van der Waals surface area (Å²) in [6.45, 7) is -0.380. The van der Waals surface area contributed by atoms with E-state index in [0.29, 0.717) is 17.0 Å². The van der Waals surface area contributed by atoms with Gasteiger partial charge in [0.05, 0.1) is 17.1 Å². The number of amides is 1. The number of hydrogen-bond donors (Lipinski definition) is 0. The van der Waals surface area contributed by atoms with Crippen molar-refractivity contribution in [1.29, 1.82) is 0 Å². The van der Waals surface area contributed by atoms with Crippen LogP contribution in [0.4, 0.5) is 0 Å². The van der Waals surface area contributed by atoms with Crippen LogP contribution in [-0.2, 0) is 19.4 Å². The third-order valence-corrected chi connectivity index (χ3v) is 7.58. The van der Waals surface area contributed by atoms with E-state index in [2.05, 4.69) is 4.98 Å². The molecule has 0 bridgehead atoms. The van der Waals surface area contributed by atoms with Crippen LogP contribution in [0.2, 0.25) is 0 Å². The number of pyridine rings is 1. The maximum Gasteiger partial charge on any atom is 0.341 e. The molecule has 148 valence electrons. The van der Waals surface area contributed by atoms with Crippen molar-refractivity contribution < 1.29 is 22.7 Å². The van der Waals surface area contributed by atoms with Gasteiger partial charge in [-0.15, -0.1) is 11.8 Å². The number of sulfone groups is 1. The SMILES string of the molecule is CSc1ncccc1C(=O)OCC(=O)N(C1CCCC1)C1CCS(=O)(=O)C1. The fourth-order valence-electron chi connectivity index (χ4n) is 3.87. The lowest BCUT2D eigenvalue weighted by atomic mass is 10.1. The van der Waals surface area contributed by atoms with E-state index in [4.69, 9.17) is 4.74 Å². The fraction of sp³-hybridized carbons (Fsp3) is 0.611. The molecule has 1 atom stereocenters. The Morgan fingerprint density at radius 2 is 2.00 bits per heavy atom. The molecule has 7 nitrogen and oxygen atoms in total. The monoisotopic (exact) mass is 412 g/mol. The zero-order valence-electron chi connectivity index (χ0n) is 15.3. The first-order valence-corrected chi connectivity index (χ1v) is 12.1. The summed E-state index contributed by atoms with van der Waals surface area (Å²) >= 11 is 1.33. The lowest BCUT2D eigenvalue weighted by Gasteiger charge is -2.33. The van der Waals surface area contributed by atoms with Gasteiger partial charge in [0.15, 0.2) is 16.4 Å². The summed E-state index contributed by atoms with van der Waals surface area (Å²) in [7, 11) is -3.10. The summed E-state index contributed by atoms with van der Waals surface area (Å²) < 4.78 is 29.0. The smallest absolute Gasteiger partial charge is 0.341 e. The van der Waals surface area contributed by atoms with E-state index in [1.165, 1.54) is 11.8 Å². The topological polar surface area (TPSA) is 93.6 Å². The molecule has 1 aliphatic heterocycles. The molecule has 1 aromatic rings. The van der Waals surface area contributed by atoms with Crippen LogP contribution < -0.4 is 0 Å². The molecule has 1 aliphatic carbocycles. The molecule has 2 fully saturated rings. The van der Waals surface area contributed by atoms with E-state index in [0.717, 1.165) is 25.7 Å². The maximum atomic E-state index is 12.9. The van der Waals surface area contributed by atoms with E-state index >= 15 is 0 Å². The Kier molecular flexibility index (Phi) is 6.41. The molecule has 0 N–H and O–H groups in total. The van der Waals surface area contributed by atoms with Gasteiger partial charge in [0, 0.05) is 18.3 Å². The normalized spacial score (nSPS) is 21.9. The third-order valence-electron chi connectivity index (χ3n) is 5.12. The molecule has 3 rings (SSSR count). The first kappa shape index (κ1) is 20.1. The van der Waals surface area contributed by atoms with Crippen LogP contribution in [0.1, 0.15) is 42.5 Å². The van der Waals surface area contributed by atoms with Gasteiger partial charge in [0.25, 0.3) is 5.91 Å². The fourth-order valence-corrected chi connectivity index (χ4v) is 6.12. The molecule has 0 aromatic carbocycles. The number of carbonyl (C=O) groups is 2.